The molecule has 2 fully saturated rings. The molecule has 0 bridgehead atoms. The van der Waals surface area contributed by atoms with Crippen LogP contribution in [-0.2, 0) is 11.3 Å². The van der Waals surface area contributed by atoms with Crippen LogP contribution in [-0.4, -0.2) is 43.4 Å². The lowest BCUT2D eigenvalue weighted by molar-refractivity contribution is -0.955. The summed E-state index contributed by atoms with van der Waals surface area (Å²) in [4.78, 5) is 0. The molecule has 0 radical (unpaired) electrons. The van der Waals surface area contributed by atoms with E-state index in [0.717, 1.165) is 48.7 Å². The van der Waals surface area contributed by atoms with Crippen molar-refractivity contribution in [3.05, 3.63) is 33.8 Å². The van der Waals surface area contributed by atoms with Gasteiger partial charge in [0.15, 0.2) is 0 Å². The third kappa shape index (κ3) is 3.44. The molecule has 122 valence electrons. The number of benzene rings is 1. The largest absolute Gasteiger partial charge is 0.381 e. The van der Waals surface area contributed by atoms with Crippen LogP contribution in [0.5, 0.6) is 0 Å². The second-order valence-corrected chi connectivity index (χ2v) is 7.60. The zero-order valence-corrected chi connectivity index (χ0v) is 14.5. The number of hydrogen-bond donors (Lipinski definition) is 1. The van der Waals surface area contributed by atoms with Gasteiger partial charge in [0.05, 0.1) is 37.4 Å². The predicted molar refractivity (Wildman–Crippen MR) is 91.2 cm³/mol. The normalized spacial score (nSPS) is 29.9. The van der Waals surface area contributed by atoms with Crippen LogP contribution in [0, 0.1) is 5.92 Å². The van der Waals surface area contributed by atoms with Crippen LogP contribution in [0.3, 0.4) is 0 Å². The van der Waals surface area contributed by atoms with E-state index in [4.69, 9.17) is 33.7 Å². The van der Waals surface area contributed by atoms with E-state index in [1.807, 2.05) is 12.1 Å². The number of halogens is 2. The Hall–Kier alpha value is -0.320. The lowest BCUT2D eigenvalue weighted by Crippen LogP contribution is -2.55. The quantitative estimate of drug-likeness (QED) is 0.849. The van der Waals surface area contributed by atoms with Crippen LogP contribution in [0.25, 0.3) is 0 Å². The smallest absolute Gasteiger partial charge is 0.106 e. The summed E-state index contributed by atoms with van der Waals surface area (Å²) in [7, 11) is 0. The maximum atomic E-state index is 6.44. The third-order valence-corrected chi connectivity index (χ3v) is 5.99. The van der Waals surface area contributed by atoms with Crippen molar-refractivity contribution in [1.82, 2.24) is 0 Å². The van der Waals surface area contributed by atoms with Crippen molar-refractivity contribution in [2.75, 3.05) is 32.8 Å². The van der Waals surface area contributed by atoms with Gasteiger partial charge in [-0.1, -0.05) is 29.3 Å². The van der Waals surface area contributed by atoms with Gasteiger partial charge >= 0.3 is 0 Å². The van der Waals surface area contributed by atoms with Gasteiger partial charge in [0.2, 0.25) is 0 Å². The van der Waals surface area contributed by atoms with Crippen molar-refractivity contribution in [1.29, 1.82) is 0 Å². The molecular formula is C17H25Cl2N2O+. The average molecular weight is 344 g/mol. The molecule has 3 nitrogen and oxygen atoms in total. The molecule has 0 spiro atoms. The Kier molecular flexibility index (Phi) is 5.31. The molecule has 2 aliphatic heterocycles. The fraction of sp³-hybridized carbons (Fsp3) is 0.647. The number of ether oxygens (including phenoxy) is 1. The monoisotopic (exact) mass is 343 g/mol. The summed E-state index contributed by atoms with van der Waals surface area (Å²) in [6.45, 7) is 5.90. The lowest BCUT2D eigenvalue weighted by Gasteiger charge is -2.44. The first-order valence-corrected chi connectivity index (χ1v) is 8.96. The molecule has 1 aromatic carbocycles. The summed E-state index contributed by atoms with van der Waals surface area (Å²) in [5.74, 6) is 0.633. The van der Waals surface area contributed by atoms with E-state index < -0.39 is 0 Å². The summed E-state index contributed by atoms with van der Waals surface area (Å²) in [5.41, 5.74) is 7.15. The van der Waals surface area contributed by atoms with Crippen molar-refractivity contribution < 1.29 is 9.22 Å². The summed E-state index contributed by atoms with van der Waals surface area (Å²) < 4.78 is 6.69. The molecule has 2 saturated heterocycles. The maximum absolute atomic E-state index is 6.44. The van der Waals surface area contributed by atoms with Gasteiger partial charge in [0.25, 0.3) is 0 Å². The zero-order chi connectivity index (χ0) is 15.6. The highest BCUT2D eigenvalue weighted by molar-refractivity contribution is 6.35. The molecule has 1 unspecified atom stereocenters. The van der Waals surface area contributed by atoms with E-state index in [9.17, 15) is 0 Å². The summed E-state index contributed by atoms with van der Waals surface area (Å²) in [6.07, 6.45) is 3.50. The van der Waals surface area contributed by atoms with E-state index in [1.54, 1.807) is 0 Å². The molecular weight excluding hydrogens is 319 g/mol. The van der Waals surface area contributed by atoms with Gasteiger partial charge in [-0.15, -0.1) is 0 Å². The van der Waals surface area contributed by atoms with Gasteiger partial charge in [-0.25, -0.2) is 0 Å². The van der Waals surface area contributed by atoms with Crippen LogP contribution in [0.4, 0.5) is 0 Å². The van der Waals surface area contributed by atoms with E-state index in [0.29, 0.717) is 17.0 Å². The highest BCUT2D eigenvalue weighted by atomic mass is 35.5. The predicted octanol–water partition coefficient (Wildman–Crippen LogP) is 3.47. The van der Waals surface area contributed by atoms with E-state index in [1.165, 1.54) is 25.1 Å². The molecule has 2 heterocycles. The molecule has 22 heavy (non-hydrogen) atoms. The van der Waals surface area contributed by atoms with Gasteiger partial charge in [-0.05, 0) is 12.1 Å². The topological polar surface area (TPSA) is 35.2 Å². The molecule has 2 aliphatic rings. The van der Waals surface area contributed by atoms with Crippen molar-refractivity contribution >= 4 is 23.2 Å². The Bertz CT molecular complexity index is 519. The minimum atomic E-state index is 0.633. The maximum Gasteiger partial charge on any atom is 0.106 e. The highest BCUT2D eigenvalue weighted by Crippen LogP contribution is 2.36. The molecule has 0 aromatic heterocycles. The van der Waals surface area contributed by atoms with Gasteiger partial charge in [0.1, 0.15) is 6.54 Å². The third-order valence-electron chi connectivity index (χ3n) is 5.40. The Labute approximate surface area is 142 Å². The summed E-state index contributed by atoms with van der Waals surface area (Å²) in [5, 5.41) is 1.49. The zero-order valence-electron chi connectivity index (χ0n) is 12.9. The number of nitrogens with zero attached hydrogens (tertiary/aromatic N) is 1. The van der Waals surface area contributed by atoms with E-state index in [-0.39, 0.29) is 0 Å². The summed E-state index contributed by atoms with van der Waals surface area (Å²) >= 11 is 12.5. The average Bonchev–Trinajstić information content (AvgIpc) is 2.96. The van der Waals surface area contributed by atoms with Gasteiger partial charge in [-0.3, -0.25) is 0 Å². The fourth-order valence-corrected chi connectivity index (χ4v) is 4.62. The van der Waals surface area contributed by atoms with Crippen LogP contribution < -0.4 is 5.73 Å². The van der Waals surface area contributed by atoms with Crippen LogP contribution >= 0.6 is 23.2 Å². The van der Waals surface area contributed by atoms with Gasteiger partial charge < -0.3 is 15.0 Å². The van der Waals surface area contributed by atoms with Crippen molar-refractivity contribution in [2.45, 2.75) is 31.8 Å². The molecule has 5 heteroatoms. The highest BCUT2D eigenvalue weighted by Gasteiger charge is 2.44. The number of hydrogen-bond acceptors (Lipinski definition) is 2. The van der Waals surface area contributed by atoms with Crippen molar-refractivity contribution in [2.24, 2.45) is 11.7 Å². The van der Waals surface area contributed by atoms with Crippen LogP contribution in [0.2, 0.25) is 10.0 Å². The van der Waals surface area contributed by atoms with Crippen molar-refractivity contribution in [3.63, 3.8) is 0 Å². The fourth-order valence-electron chi connectivity index (χ4n) is 4.16. The number of quaternary nitrogens is 1. The molecule has 3 rings (SSSR count). The first kappa shape index (κ1) is 16.5. The first-order chi connectivity index (χ1) is 10.6. The van der Waals surface area contributed by atoms with Crippen LogP contribution in [0.1, 0.15) is 24.8 Å². The molecule has 2 N–H and O–H groups in total. The van der Waals surface area contributed by atoms with E-state index in [2.05, 4.69) is 6.07 Å². The lowest BCUT2D eigenvalue weighted by atomic mass is 10.0. The van der Waals surface area contributed by atoms with E-state index >= 15 is 0 Å². The summed E-state index contributed by atoms with van der Waals surface area (Å²) in [6, 6.07) is 6.55. The molecule has 0 aliphatic carbocycles. The van der Waals surface area contributed by atoms with Crippen LogP contribution in [0.15, 0.2) is 18.2 Å². The number of likely N-dealkylation sites (tertiary alicyclic amines) is 1. The minimum absolute atomic E-state index is 0.633. The Morgan fingerprint density at radius 1 is 1.18 bits per heavy atom. The molecule has 0 saturated carbocycles. The second kappa shape index (κ2) is 7.06. The first-order valence-electron chi connectivity index (χ1n) is 8.20. The second-order valence-electron chi connectivity index (χ2n) is 6.75. The van der Waals surface area contributed by atoms with Gasteiger partial charge in [-0.2, -0.15) is 0 Å². The Morgan fingerprint density at radius 3 is 2.59 bits per heavy atom. The molecule has 2 atom stereocenters. The molecule has 1 aromatic rings. The SMILES string of the molecule is NC[C@@H]1CC[N+](Cc2ccc(Cl)cc2Cl)(C2CCOCC2)C1. The number of nitrogens with two attached hydrogens (primary N) is 1. The Morgan fingerprint density at radius 2 is 1.95 bits per heavy atom. The number of rotatable bonds is 4. The molecule has 0 amide bonds. The standard InChI is InChI=1S/C17H25Cl2N2O/c18-15-2-1-14(17(19)9-15)12-21(6-3-13(10-20)11-21)16-4-7-22-8-5-16/h1-2,9,13,16H,3-8,10-12,20H2/q+1/t13-,21?/m0/s1. The van der Waals surface area contributed by atoms with Gasteiger partial charge in [0, 0.05) is 42.3 Å². The Balaban J connectivity index is 1.85. The van der Waals surface area contributed by atoms with Crippen molar-refractivity contribution in [3.8, 4) is 0 Å². The minimum Gasteiger partial charge on any atom is -0.381 e.